The van der Waals surface area contributed by atoms with Crippen molar-refractivity contribution in [3.8, 4) is 0 Å². The number of nitrogens with zero attached hydrogens (tertiary/aromatic N) is 4. The summed E-state index contributed by atoms with van der Waals surface area (Å²) in [6, 6.07) is 11.1. The van der Waals surface area contributed by atoms with E-state index in [9.17, 15) is 4.79 Å². The van der Waals surface area contributed by atoms with E-state index in [1.54, 1.807) is 24.2 Å². The van der Waals surface area contributed by atoms with Gasteiger partial charge in [0.05, 0.1) is 13.2 Å². The highest BCUT2D eigenvalue weighted by Gasteiger charge is 2.18. The van der Waals surface area contributed by atoms with E-state index in [2.05, 4.69) is 9.97 Å². The normalized spacial score (nSPS) is 14.7. The highest BCUT2D eigenvalue weighted by Crippen LogP contribution is 2.15. The summed E-state index contributed by atoms with van der Waals surface area (Å²) in [4.78, 5) is 24.9. The van der Waals surface area contributed by atoms with Crippen LogP contribution in [-0.2, 0) is 4.74 Å². The van der Waals surface area contributed by atoms with Crippen LogP contribution in [-0.4, -0.2) is 49.2 Å². The van der Waals surface area contributed by atoms with Crippen LogP contribution < -0.4 is 9.80 Å². The molecule has 3 rings (SSSR count). The molecule has 6 heteroatoms. The largest absolute Gasteiger partial charge is 0.378 e. The van der Waals surface area contributed by atoms with Gasteiger partial charge in [0, 0.05) is 32.0 Å². The summed E-state index contributed by atoms with van der Waals surface area (Å²) in [5.74, 6) is 0.429. The molecular formula is C16H18N4O2. The molecule has 1 amide bonds. The Hall–Kier alpha value is -2.47. The lowest BCUT2D eigenvalue weighted by atomic mass is 10.2. The number of para-hydroxylation sites is 1. The van der Waals surface area contributed by atoms with Crippen molar-refractivity contribution in [2.45, 2.75) is 0 Å². The van der Waals surface area contributed by atoms with Crippen molar-refractivity contribution in [2.24, 2.45) is 0 Å². The maximum Gasteiger partial charge on any atom is 0.276 e. The molecule has 0 unspecified atom stereocenters. The molecule has 22 heavy (non-hydrogen) atoms. The summed E-state index contributed by atoms with van der Waals surface area (Å²) in [5.41, 5.74) is 1.22. The number of hydrogen-bond donors (Lipinski definition) is 0. The minimum atomic E-state index is -0.150. The Morgan fingerprint density at radius 1 is 1.18 bits per heavy atom. The zero-order valence-corrected chi connectivity index (χ0v) is 12.5. The van der Waals surface area contributed by atoms with E-state index in [-0.39, 0.29) is 5.91 Å². The molecule has 1 aromatic heterocycles. The summed E-state index contributed by atoms with van der Waals surface area (Å²) in [5, 5.41) is 0. The number of ether oxygens (including phenoxy) is 1. The molecule has 0 N–H and O–H groups in total. The number of anilines is 2. The molecule has 1 fully saturated rings. The zero-order valence-electron chi connectivity index (χ0n) is 12.5. The van der Waals surface area contributed by atoms with E-state index in [0.717, 1.165) is 18.8 Å². The van der Waals surface area contributed by atoms with Gasteiger partial charge in [0.25, 0.3) is 5.91 Å². The third-order valence-electron chi connectivity index (χ3n) is 3.60. The average Bonchev–Trinajstić information content (AvgIpc) is 2.62. The number of carbonyl (C=O) groups excluding carboxylic acids is 1. The van der Waals surface area contributed by atoms with E-state index in [0.29, 0.717) is 24.9 Å². The lowest BCUT2D eigenvalue weighted by molar-refractivity contribution is 0.0988. The molecule has 0 saturated carbocycles. The summed E-state index contributed by atoms with van der Waals surface area (Å²) >= 11 is 0. The number of benzene rings is 1. The molecule has 1 aliphatic heterocycles. The van der Waals surface area contributed by atoms with Crippen molar-refractivity contribution in [3.05, 3.63) is 48.3 Å². The van der Waals surface area contributed by atoms with Gasteiger partial charge in [-0.25, -0.2) is 9.97 Å². The molecule has 0 spiro atoms. The van der Waals surface area contributed by atoms with Gasteiger partial charge < -0.3 is 14.5 Å². The zero-order chi connectivity index (χ0) is 15.4. The maximum atomic E-state index is 12.6. The van der Waals surface area contributed by atoms with Gasteiger partial charge in [-0.1, -0.05) is 18.2 Å². The topological polar surface area (TPSA) is 58.6 Å². The van der Waals surface area contributed by atoms with Gasteiger partial charge in [0.1, 0.15) is 5.69 Å². The van der Waals surface area contributed by atoms with Crippen LogP contribution in [0.2, 0.25) is 0 Å². The first-order valence-corrected chi connectivity index (χ1v) is 7.24. The molecule has 2 aromatic rings. The molecule has 1 saturated heterocycles. The molecule has 0 aliphatic carbocycles. The van der Waals surface area contributed by atoms with Crippen LogP contribution in [0.3, 0.4) is 0 Å². The van der Waals surface area contributed by atoms with Gasteiger partial charge >= 0.3 is 0 Å². The van der Waals surface area contributed by atoms with Gasteiger partial charge in [-0.05, 0) is 18.2 Å². The van der Waals surface area contributed by atoms with Crippen molar-refractivity contribution in [1.82, 2.24) is 9.97 Å². The molecule has 6 nitrogen and oxygen atoms in total. The molecule has 0 radical (unpaired) electrons. The van der Waals surface area contributed by atoms with Crippen LogP contribution in [0.25, 0.3) is 0 Å². The monoisotopic (exact) mass is 298 g/mol. The lowest BCUT2D eigenvalue weighted by Crippen LogP contribution is -2.38. The summed E-state index contributed by atoms with van der Waals surface area (Å²) in [6.07, 6.45) is 1.63. The van der Waals surface area contributed by atoms with Gasteiger partial charge in [-0.3, -0.25) is 4.79 Å². The van der Waals surface area contributed by atoms with E-state index >= 15 is 0 Å². The number of amides is 1. The van der Waals surface area contributed by atoms with Crippen LogP contribution in [0.15, 0.2) is 42.6 Å². The van der Waals surface area contributed by atoms with E-state index in [1.807, 2.05) is 35.2 Å². The fourth-order valence-corrected chi connectivity index (χ4v) is 2.32. The highest BCUT2D eigenvalue weighted by atomic mass is 16.5. The smallest absolute Gasteiger partial charge is 0.276 e. The fraction of sp³-hybridized carbons (Fsp3) is 0.312. The Morgan fingerprint density at radius 2 is 1.91 bits per heavy atom. The molecule has 0 atom stereocenters. The van der Waals surface area contributed by atoms with Crippen molar-refractivity contribution in [2.75, 3.05) is 43.2 Å². The summed E-state index contributed by atoms with van der Waals surface area (Å²) in [6.45, 7) is 2.80. The first-order chi connectivity index (χ1) is 10.8. The first kappa shape index (κ1) is 14.5. The Labute approximate surface area is 129 Å². The fourth-order valence-electron chi connectivity index (χ4n) is 2.32. The quantitative estimate of drug-likeness (QED) is 0.861. The number of aromatic nitrogens is 2. The average molecular weight is 298 g/mol. The van der Waals surface area contributed by atoms with Crippen molar-refractivity contribution < 1.29 is 9.53 Å². The van der Waals surface area contributed by atoms with E-state index < -0.39 is 0 Å². The molecule has 0 bridgehead atoms. The minimum Gasteiger partial charge on any atom is -0.378 e. The SMILES string of the molecule is CN(C(=O)c1ccnc(N2CCOCC2)n1)c1ccccc1. The Balaban J connectivity index is 1.80. The standard InChI is InChI=1S/C16H18N4O2/c1-19(13-5-3-2-4-6-13)15(21)14-7-8-17-16(18-14)20-9-11-22-12-10-20/h2-8H,9-12H2,1H3. The van der Waals surface area contributed by atoms with E-state index in [1.165, 1.54) is 0 Å². The van der Waals surface area contributed by atoms with Gasteiger partial charge in [-0.15, -0.1) is 0 Å². The second-order valence-electron chi connectivity index (χ2n) is 5.04. The van der Waals surface area contributed by atoms with Crippen LogP contribution in [0.1, 0.15) is 10.5 Å². The minimum absolute atomic E-state index is 0.150. The first-order valence-electron chi connectivity index (χ1n) is 7.24. The highest BCUT2D eigenvalue weighted by molar-refractivity contribution is 6.04. The lowest BCUT2D eigenvalue weighted by Gasteiger charge is -2.27. The number of carbonyl (C=O) groups is 1. The second-order valence-corrected chi connectivity index (χ2v) is 5.04. The number of morpholine rings is 1. The Bertz CT molecular complexity index is 642. The third-order valence-corrected chi connectivity index (χ3v) is 3.60. The van der Waals surface area contributed by atoms with Gasteiger partial charge in [0.15, 0.2) is 0 Å². The van der Waals surface area contributed by atoms with Crippen LogP contribution in [0.5, 0.6) is 0 Å². The van der Waals surface area contributed by atoms with Gasteiger partial charge in [0.2, 0.25) is 5.95 Å². The summed E-state index contributed by atoms with van der Waals surface area (Å²) in [7, 11) is 1.74. The predicted octanol–water partition coefficient (Wildman–Crippen LogP) is 1.59. The second kappa shape index (κ2) is 6.53. The molecule has 2 heterocycles. The molecule has 1 aromatic carbocycles. The Morgan fingerprint density at radius 3 is 2.64 bits per heavy atom. The van der Waals surface area contributed by atoms with Crippen molar-refractivity contribution in [1.29, 1.82) is 0 Å². The third kappa shape index (κ3) is 3.07. The number of hydrogen-bond acceptors (Lipinski definition) is 5. The van der Waals surface area contributed by atoms with Crippen LogP contribution in [0.4, 0.5) is 11.6 Å². The molecule has 1 aliphatic rings. The van der Waals surface area contributed by atoms with Crippen LogP contribution >= 0.6 is 0 Å². The number of rotatable bonds is 3. The van der Waals surface area contributed by atoms with Gasteiger partial charge in [-0.2, -0.15) is 0 Å². The predicted molar refractivity (Wildman–Crippen MR) is 84.2 cm³/mol. The molecule has 114 valence electrons. The van der Waals surface area contributed by atoms with E-state index in [4.69, 9.17) is 4.74 Å². The Kier molecular flexibility index (Phi) is 4.29. The summed E-state index contributed by atoms with van der Waals surface area (Å²) < 4.78 is 5.32. The van der Waals surface area contributed by atoms with Crippen molar-refractivity contribution in [3.63, 3.8) is 0 Å². The maximum absolute atomic E-state index is 12.6. The molecular weight excluding hydrogens is 280 g/mol. The van der Waals surface area contributed by atoms with Crippen LogP contribution in [0, 0.1) is 0 Å². The van der Waals surface area contributed by atoms with Crippen molar-refractivity contribution >= 4 is 17.5 Å².